The molecule has 0 aliphatic carbocycles. The van der Waals surface area contributed by atoms with Gasteiger partial charge in [-0.2, -0.15) is 0 Å². The third-order valence-electron chi connectivity index (χ3n) is 3.21. The first-order valence-corrected chi connectivity index (χ1v) is 8.02. The highest BCUT2D eigenvalue weighted by molar-refractivity contribution is 6.30. The number of aliphatic hydroxyl groups excluding tert-OH is 1. The molecule has 0 fully saturated rings. The third kappa shape index (κ3) is 7.01. The molecule has 0 radical (unpaired) electrons. The lowest BCUT2D eigenvalue weighted by molar-refractivity contribution is -0.138. The van der Waals surface area contributed by atoms with E-state index >= 15 is 0 Å². The number of hydrogen-bond donors (Lipinski definition) is 2. The molecule has 0 aliphatic rings. The Bertz CT molecular complexity index is 538. The molecule has 0 saturated carbocycles. The Morgan fingerprint density at radius 1 is 1.26 bits per heavy atom. The van der Waals surface area contributed by atoms with Gasteiger partial charge in [-0.1, -0.05) is 23.7 Å². The first-order valence-electron chi connectivity index (χ1n) is 7.64. The molecule has 6 heteroatoms. The predicted octanol–water partition coefficient (Wildman–Crippen LogP) is 2.53. The molecule has 1 aromatic carbocycles. The SMILES string of the molecule is CCN(CC(=O)NC(C)(C)C)C(=O)CC(O)c1ccc(Cl)cc1. The lowest BCUT2D eigenvalue weighted by Crippen LogP contribution is -2.47. The van der Waals surface area contributed by atoms with E-state index in [2.05, 4.69) is 5.32 Å². The maximum absolute atomic E-state index is 12.3. The topological polar surface area (TPSA) is 69.6 Å². The smallest absolute Gasteiger partial charge is 0.240 e. The van der Waals surface area contributed by atoms with Crippen molar-refractivity contribution in [2.75, 3.05) is 13.1 Å². The van der Waals surface area contributed by atoms with Gasteiger partial charge in [0, 0.05) is 17.1 Å². The number of nitrogens with one attached hydrogen (secondary N) is 1. The number of carbonyl (C=O) groups is 2. The fourth-order valence-corrected chi connectivity index (χ4v) is 2.23. The quantitative estimate of drug-likeness (QED) is 0.836. The van der Waals surface area contributed by atoms with Crippen molar-refractivity contribution in [1.82, 2.24) is 10.2 Å². The average molecular weight is 341 g/mol. The summed E-state index contributed by atoms with van der Waals surface area (Å²) in [5.41, 5.74) is 0.278. The number of rotatable bonds is 6. The standard InChI is InChI=1S/C17H25ClN2O3/c1-5-20(11-15(22)19-17(2,3)4)16(23)10-14(21)12-6-8-13(18)9-7-12/h6-9,14,21H,5,10-11H2,1-4H3,(H,19,22). The van der Waals surface area contributed by atoms with Gasteiger partial charge in [0.15, 0.2) is 0 Å². The minimum Gasteiger partial charge on any atom is -0.388 e. The number of nitrogens with zero attached hydrogens (tertiary/aromatic N) is 1. The van der Waals surface area contributed by atoms with E-state index in [1.165, 1.54) is 4.90 Å². The Balaban J connectivity index is 2.62. The average Bonchev–Trinajstić information content (AvgIpc) is 2.43. The lowest BCUT2D eigenvalue weighted by Gasteiger charge is -2.25. The van der Waals surface area contributed by atoms with Crippen LogP contribution in [-0.2, 0) is 9.59 Å². The van der Waals surface area contributed by atoms with Crippen LogP contribution in [-0.4, -0.2) is 40.4 Å². The second kappa shape index (κ2) is 8.31. The first-order chi connectivity index (χ1) is 10.6. The molecule has 2 N–H and O–H groups in total. The summed E-state index contributed by atoms with van der Waals surface area (Å²) in [6.07, 6.45) is -0.988. The van der Waals surface area contributed by atoms with Crippen LogP contribution in [0.15, 0.2) is 24.3 Å². The van der Waals surface area contributed by atoms with Gasteiger partial charge in [-0.3, -0.25) is 9.59 Å². The molecule has 0 spiro atoms. The minimum atomic E-state index is -0.917. The zero-order valence-corrected chi connectivity index (χ0v) is 14.9. The van der Waals surface area contributed by atoms with Gasteiger partial charge in [0.2, 0.25) is 11.8 Å². The van der Waals surface area contributed by atoms with Gasteiger partial charge in [0.25, 0.3) is 0 Å². The lowest BCUT2D eigenvalue weighted by atomic mass is 10.1. The Kier molecular flexibility index (Phi) is 7.03. The molecule has 0 aliphatic heterocycles. The zero-order valence-electron chi connectivity index (χ0n) is 14.1. The number of likely N-dealkylation sites (N-methyl/N-ethyl adjacent to an activating group) is 1. The number of carbonyl (C=O) groups excluding carboxylic acids is 2. The highest BCUT2D eigenvalue weighted by Gasteiger charge is 2.21. The monoisotopic (exact) mass is 340 g/mol. The van der Waals surface area contributed by atoms with Crippen molar-refractivity contribution in [1.29, 1.82) is 0 Å². The molecule has 1 aromatic rings. The maximum Gasteiger partial charge on any atom is 0.240 e. The second-order valence-corrected chi connectivity index (χ2v) is 6.91. The Hall–Kier alpha value is -1.59. The van der Waals surface area contributed by atoms with Gasteiger partial charge >= 0.3 is 0 Å². The molecule has 1 rings (SSSR count). The summed E-state index contributed by atoms with van der Waals surface area (Å²) in [6.45, 7) is 7.84. The van der Waals surface area contributed by atoms with Crippen LogP contribution in [0.25, 0.3) is 0 Å². The van der Waals surface area contributed by atoms with Crippen molar-refractivity contribution in [2.24, 2.45) is 0 Å². The molecule has 5 nitrogen and oxygen atoms in total. The molecule has 1 atom stereocenters. The second-order valence-electron chi connectivity index (χ2n) is 6.48. The van der Waals surface area contributed by atoms with Crippen molar-refractivity contribution in [3.63, 3.8) is 0 Å². The fourth-order valence-electron chi connectivity index (χ4n) is 2.10. The van der Waals surface area contributed by atoms with Crippen molar-refractivity contribution < 1.29 is 14.7 Å². The molecule has 0 saturated heterocycles. The summed E-state index contributed by atoms with van der Waals surface area (Å²) in [6, 6.07) is 6.70. The molecule has 1 unspecified atom stereocenters. The summed E-state index contributed by atoms with van der Waals surface area (Å²) < 4.78 is 0. The molecule has 23 heavy (non-hydrogen) atoms. The molecular weight excluding hydrogens is 316 g/mol. The van der Waals surface area contributed by atoms with Gasteiger partial charge in [0.05, 0.1) is 19.1 Å². The highest BCUT2D eigenvalue weighted by atomic mass is 35.5. The minimum absolute atomic E-state index is 0.0139. The summed E-state index contributed by atoms with van der Waals surface area (Å²) in [5.74, 6) is -0.479. The third-order valence-corrected chi connectivity index (χ3v) is 3.46. The summed E-state index contributed by atoms with van der Waals surface area (Å²) in [5, 5.41) is 13.5. The molecule has 2 amide bonds. The molecule has 0 bridgehead atoms. The summed E-state index contributed by atoms with van der Waals surface area (Å²) >= 11 is 5.80. The van der Waals surface area contributed by atoms with Crippen LogP contribution in [0, 0.1) is 0 Å². The van der Waals surface area contributed by atoms with Gasteiger partial charge in [-0.25, -0.2) is 0 Å². The number of amides is 2. The van der Waals surface area contributed by atoms with Crippen LogP contribution in [0.2, 0.25) is 5.02 Å². The summed E-state index contributed by atoms with van der Waals surface area (Å²) in [4.78, 5) is 25.7. The van der Waals surface area contributed by atoms with E-state index in [-0.39, 0.29) is 30.3 Å². The van der Waals surface area contributed by atoms with E-state index in [1.54, 1.807) is 31.2 Å². The highest BCUT2D eigenvalue weighted by Crippen LogP contribution is 2.20. The predicted molar refractivity (Wildman–Crippen MR) is 91.2 cm³/mol. The fraction of sp³-hybridized carbons (Fsp3) is 0.529. The molecule has 128 valence electrons. The van der Waals surface area contributed by atoms with E-state index in [0.29, 0.717) is 17.1 Å². The normalized spacial score (nSPS) is 12.6. The number of benzene rings is 1. The van der Waals surface area contributed by atoms with Crippen molar-refractivity contribution in [3.8, 4) is 0 Å². The maximum atomic E-state index is 12.3. The van der Waals surface area contributed by atoms with E-state index in [4.69, 9.17) is 11.6 Å². The van der Waals surface area contributed by atoms with Crippen LogP contribution < -0.4 is 5.32 Å². The van der Waals surface area contributed by atoms with Gasteiger partial charge < -0.3 is 15.3 Å². The van der Waals surface area contributed by atoms with E-state index in [1.807, 2.05) is 20.8 Å². The van der Waals surface area contributed by atoms with Crippen molar-refractivity contribution in [2.45, 2.75) is 45.8 Å². The van der Waals surface area contributed by atoms with Crippen LogP contribution >= 0.6 is 11.6 Å². The van der Waals surface area contributed by atoms with E-state index in [9.17, 15) is 14.7 Å². The van der Waals surface area contributed by atoms with Crippen LogP contribution in [0.3, 0.4) is 0 Å². The Morgan fingerprint density at radius 2 is 1.83 bits per heavy atom. The Morgan fingerprint density at radius 3 is 2.30 bits per heavy atom. The van der Waals surface area contributed by atoms with Gasteiger partial charge in [-0.15, -0.1) is 0 Å². The van der Waals surface area contributed by atoms with Crippen molar-refractivity contribution in [3.05, 3.63) is 34.9 Å². The van der Waals surface area contributed by atoms with E-state index in [0.717, 1.165) is 0 Å². The number of hydrogen-bond acceptors (Lipinski definition) is 3. The van der Waals surface area contributed by atoms with Crippen LogP contribution in [0.4, 0.5) is 0 Å². The van der Waals surface area contributed by atoms with Gasteiger partial charge in [0.1, 0.15) is 0 Å². The molecule has 0 heterocycles. The van der Waals surface area contributed by atoms with Crippen molar-refractivity contribution >= 4 is 23.4 Å². The zero-order chi connectivity index (χ0) is 17.6. The van der Waals surface area contributed by atoms with Crippen LogP contribution in [0.5, 0.6) is 0 Å². The van der Waals surface area contributed by atoms with Gasteiger partial charge in [-0.05, 0) is 45.4 Å². The summed E-state index contributed by atoms with van der Waals surface area (Å²) in [7, 11) is 0. The van der Waals surface area contributed by atoms with E-state index < -0.39 is 6.10 Å². The molecular formula is C17H25ClN2O3. The van der Waals surface area contributed by atoms with Crippen LogP contribution in [0.1, 0.15) is 45.8 Å². The Labute approximate surface area is 142 Å². The number of aliphatic hydroxyl groups is 1. The molecule has 0 aromatic heterocycles. The largest absolute Gasteiger partial charge is 0.388 e. The number of halogens is 1. The first kappa shape index (κ1) is 19.5.